The minimum atomic E-state index is 0.550. The molecule has 0 aliphatic carbocycles. The summed E-state index contributed by atoms with van der Waals surface area (Å²) in [6, 6.07) is 9.25. The maximum atomic E-state index is 8.73. The van der Waals surface area contributed by atoms with Crippen molar-refractivity contribution in [3.63, 3.8) is 0 Å². The molecule has 1 fully saturated rings. The minimum absolute atomic E-state index is 0.550. The third-order valence-electron chi connectivity index (χ3n) is 4.16. The standard InChI is InChI=1S/C18H26N2O2/c1-15-11-16(2)14-20(13-15)7-8-21-9-10-22-18-5-3-17(12-19)4-6-18/h3-6,15-16H,7-11,13-14H2,1-2H3/p+1/t15-,16+. The fourth-order valence-electron chi connectivity index (χ4n) is 3.29. The smallest absolute Gasteiger partial charge is 0.119 e. The molecule has 0 bridgehead atoms. The summed E-state index contributed by atoms with van der Waals surface area (Å²) in [4.78, 5) is 1.67. The lowest BCUT2D eigenvalue weighted by atomic mass is 9.92. The molecule has 0 amide bonds. The van der Waals surface area contributed by atoms with Gasteiger partial charge in [0.05, 0.1) is 37.9 Å². The molecule has 4 heteroatoms. The largest absolute Gasteiger partial charge is 0.491 e. The molecule has 1 aliphatic rings. The Kier molecular flexibility index (Phi) is 6.70. The van der Waals surface area contributed by atoms with E-state index in [0.717, 1.165) is 30.7 Å². The van der Waals surface area contributed by atoms with Crippen LogP contribution >= 0.6 is 0 Å². The lowest BCUT2D eigenvalue weighted by Gasteiger charge is -2.31. The van der Waals surface area contributed by atoms with Crippen molar-refractivity contribution in [3.8, 4) is 11.8 Å². The minimum Gasteiger partial charge on any atom is -0.491 e. The molecule has 1 aromatic carbocycles. The van der Waals surface area contributed by atoms with E-state index in [4.69, 9.17) is 14.7 Å². The summed E-state index contributed by atoms with van der Waals surface area (Å²) in [5.74, 6) is 2.45. The van der Waals surface area contributed by atoms with E-state index in [9.17, 15) is 0 Å². The summed E-state index contributed by atoms with van der Waals surface area (Å²) in [5.41, 5.74) is 0.650. The van der Waals surface area contributed by atoms with Crippen LogP contribution in [0.5, 0.6) is 5.75 Å². The first-order valence-corrected chi connectivity index (χ1v) is 8.21. The number of likely N-dealkylation sites (tertiary alicyclic amines) is 1. The molecule has 0 spiro atoms. The zero-order chi connectivity index (χ0) is 15.8. The highest BCUT2D eigenvalue weighted by Crippen LogP contribution is 2.12. The van der Waals surface area contributed by atoms with Gasteiger partial charge in [-0.05, 0) is 30.7 Å². The fourth-order valence-corrected chi connectivity index (χ4v) is 3.29. The molecule has 22 heavy (non-hydrogen) atoms. The summed E-state index contributed by atoms with van der Waals surface area (Å²) in [7, 11) is 0. The van der Waals surface area contributed by atoms with Gasteiger partial charge in [-0.2, -0.15) is 5.26 Å². The third-order valence-corrected chi connectivity index (χ3v) is 4.16. The second kappa shape index (κ2) is 8.77. The quantitative estimate of drug-likeness (QED) is 0.777. The molecule has 0 saturated carbocycles. The second-order valence-electron chi connectivity index (χ2n) is 6.45. The van der Waals surface area contributed by atoms with Crippen molar-refractivity contribution < 1.29 is 14.4 Å². The SMILES string of the molecule is C[C@@H]1C[C@H](C)C[NH+](CCOCCOc2ccc(C#N)cc2)C1. The Morgan fingerprint density at radius 1 is 1.09 bits per heavy atom. The molecule has 1 N–H and O–H groups in total. The molecule has 1 unspecified atom stereocenters. The van der Waals surface area contributed by atoms with Crippen LogP contribution in [0.1, 0.15) is 25.8 Å². The topological polar surface area (TPSA) is 46.7 Å². The Bertz CT molecular complexity index is 471. The van der Waals surface area contributed by atoms with Crippen LogP contribution in [0.2, 0.25) is 0 Å². The maximum absolute atomic E-state index is 8.73. The van der Waals surface area contributed by atoms with Gasteiger partial charge < -0.3 is 14.4 Å². The highest BCUT2D eigenvalue weighted by Gasteiger charge is 2.24. The van der Waals surface area contributed by atoms with E-state index < -0.39 is 0 Å². The number of nitrogens with one attached hydrogen (secondary N) is 1. The average Bonchev–Trinajstić information content (AvgIpc) is 2.50. The Hall–Kier alpha value is -1.57. The van der Waals surface area contributed by atoms with Crippen LogP contribution in [0.3, 0.4) is 0 Å². The number of benzene rings is 1. The molecule has 1 aromatic rings. The number of rotatable bonds is 7. The first-order valence-electron chi connectivity index (χ1n) is 8.21. The van der Waals surface area contributed by atoms with E-state index in [0.29, 0.717) is 18.8 Å². The van der Waals surface area contributed by atoms with Gasteiger partial charge in [0, 0.05) is 11.8 Å². The van der Waals surface area contributed by atoms with Gasteiger partial charge in [0.2, 0.25) is 0 Å². The van der Waals surface area contributed by atoms with Crippen LogP contribution < -0.4 is 9.64 Å². The second-order valence-corrected chi connectivity index (χ2v) is 6.45. The molecular weight excluding hydrogens is 276 g/mol. The van der Waals surface area contributed by atoms with E-state index in [2.05, 4.69) is 19.9 Å². The predicted octanol–water partition coefficient (Wildman–Crippen LogP) is 1.51. The van der Waals surface area contributed by atoms with Gasteiger partial charge in [-0.15, -0.1) is 0 Å². The lowest BCUT2D eigenvalue weighted by Crippen LogP contribution is -3.14. The lowest BCUT2D eigenvalue weighted by molar-refractivity contribution is -0.912. The van der Waals surface area contributed by atoms with E-state index in [1.807, 2.05) is 12.1 Å². The van der Waals surface area contributed by atoms with E-state index >= 15 is 0 Å². The summed E-state index contributed by atoms with van der Waals surface area (Å²) < 4.78 is 11.3. The van der Waals surface area contributed by atoms with Crippen molar-refractivity contribution in [1.82, 2.24) is 0 Å². The molecule has 120 valence electrons. The van der Waals surface area contributed by atoms with Gasteiger partial charge in [-0.3, -0.25) is 0 Å². The summed E-state index contributed by atoms with van der Waals surface area (Å²) in [6.07, 6.45) is 1.36. The van der Waals surface area contributed by atoms with Crippen molar-refractivity contribution in [2.75, 3.05) is 39.5 Å². The highest BCUT2D eigenvalue weighted by atomic mass is 16.5. The Labute approximate surface area is 133 Å². The third kappa shape index (κ3) is 5.67. The zero-order valence-electron chi connectivity index (χ0n) is 13.7. The summed E-state index contributed by atoms with van der Waals surface area (Å²) >= 11 is 0. The molecule has 1 heterocycles. The number of piperidine rings is 1. The summed E-state index contributed by atoms with van der Waals surface area (Å²) in [6.45, 7) is 10.3. The molecule has 2 rings (SSSR count). The normalized spacial score (nSPS) is 24.7. The van der Waals surface area contributed by atoms with Crippen LogP contribution in [0.4, 0.5) is 0 Å². The highest BCUT2D eigenvalue weighted by molar-refractivity contribution is 5.34. The van der Waals surface area contributed by atoms with Crippen molar-refractivity contribution >= 4 is 0 Å². The van der Waals surface area contributed by atoms with Crippen LogP contribution in [0.25, 0.3) is 0 Å². The van der Waals surface area contributed by atoms with Gasteiger partial charge in [0.15, 0.2) is 0 Å². The Balaban J connectivity index is 1.54. The first-order chi connectivity index (χ1) is 10.7. The van der Waals surface area contributed by atoms with Crippen LogP contribution in [0, 0.1) is 23.2 Å². The molecular formula is C18H27N2O2+. The number of quaternary nitrogens is 1. The monoisotopic (exact) mass is 303 g/mol. The summed E-state index contributed by atoms with van der Waals surface area (Å²) in [5, 5.41) is 8.73. The number of hydrogen-bond donors (Lipinski definition) is 1. The van der Waals surface area contributed by atoms with Gasteiger partial charge in [0.1, 0.15) is 18.9 Å². The molecule has 4 nitrogen and oxygen atoms in total. The van der Waals surface area contributed by atoms with Crippen LogP contribution in [-0.2, 0) is 4.74 Å². The Morgan fingerprint density at radius 2 is 1.77 bits per heavy atom. The van der Waals surface area contributed by atoms with Crippen molar-refractivity contribution in [2.45, 2.75) is 20.3 Å². The van der Waals surface area contributed by atoms with Gasteiger partial charge in [-0.25, -0.2) is 0 Å². The van der Waals surface area contributed by atoms with Crippen molar-refractivity contribution in [2.24, 2.45) is 11.8 Å². The number of hydrogen-bond acceptors (Lipinski definition) is 3. The van der Waals surface area contributed by atoms with E-state index in [1.165, 1.54) is 19.5 Å². The van der Waals surface area contributed by atoms with Gasteiger partial charge in [0.25, 0.3) is 0 Å². The van der Waals surface area contributed by atoms with Crippen LogP contribution in [0.15, 0.2) is 24.3 Å². The molecule has 0 radical (unpaired) electrons. The van der Waals surface area contributed by atoms with Crippen molar-refractivity contribution in [1.29, 1.82) is 5.26 Å². The maximum Gasteiger partial charge on any atom is 0.119 e. The predicted molar refractivity (Wildman–Crippen MR) is 86.0 cm³/mol. The molecule has 1 aliphatic heterocycles. The number of nitrogens with zero attached hydrogens (tertiary/aromatic N) is 1. The Morgan fingerprint density at radius 3 is 2.41 bits per heavy atom. The van der Waals surface area contributed by atoms with Gasteiger partial charge in [-0.1, -0.05) is 13.8 Å². The first kappa shape index (κ1) is 16.8. The average molecular weight is 303 g/mol. The number of ether oxygens (including phenoxy) is 2. The fraction of sp³-hybridized carbons (Fsp3) is 0.611. The molecule has 0 aromatic heterocycles. The van der Waals surface area contributed by atoms with Crippen LogP contribution in [-0.4, -0.2) is 39.5 Å². The van der Waals surface area contributed by atoms with Crippen molar-refractivity contribution in [3.05, 3.63) is 29.8 Å². The zero-order valence-corrected chi connectivity index (χ0v) is 13.7. The van der Waals surface area contributed by atoms with Gasteiger partial charge >= 0.3 is 0 Å². The molecule has 1 saturated heterocycles. The molecule has 3 atom stereocenters. The van der Waals surface area contributed by atoms with E-state index in [-0.39, 0.29) is 0 Å². The van der Waals surface area contributed by atoms with E-state index in [1.54, 1.807) is 17.0 Å². The number of nitriles is 1.